The Labute approximate surface area is 89.2 Å². The van der Waals surface area contributed by atoms with Crippen LogP contribution in [0.4, 0.5) is 5.69 Å². The molecule has 0 unspecified atom stereocenters. The Morgan fingerprint density at radius 3 is 2.85 bits per heavy atom. The fraction of sp³-hybridized carbons (Fsp3) is 0.250. The molecule has 0 aromatic heterocycles. The molecule has 5 heteroatoms. The van der Waals surface area contributed by atoms with Crippen LogP contribution in [0, 0.1) is 13.7 Å². The number of nitrogens with zero attached hydrogens (tertiary/aromatic N) is 1. The Hall–Kier alpha value is -0.850. The van der Waals surface area contributed by atoms with Crippen LogP contribution in [-0.4, -0.2) is 11.5 Å². The highest BCUT2D eigenvalue weighted by molar-refractivity contribution is 14.1. The molecule has 1 aromatic carbocycles. The van der Waals surface area contributed by atoms with Crippen molar-refractivity contribution in [2.24, 2.45) is 0 Å². The lowest BCUT2D eigenvalue weighted by Crippen LogP contribution is -1.97. The third-order valence-electron chi connectivity index (χ3n) is 1.42. The van der Waals surface area contributed by atoms with Crippen LogP contribution in [0.5, 0.6) is 5.75 Å². The molecule has 0 heterocycles. The van der Waals surface area contributed by atoms with Gasteiger partial charge in [0.15, 0.2) is 5.75 Å². The molecule has 1 aromatic rings. The van der Waals surface area contributed by atoms with Crippen molar-refractivity contribution in [1.29, 1.82) is 0 Å². The highest BCUT2D eigenvalue weighted by Crippen LogP contribution is 2.28. The Kier molecular flexibility index (Phi) is 3.47. The van der Waals surface area contributed by atoms with Gasteiger partial charge in [-0.05, 0) is 35.6 Å². The molecule has 0 atom stereocenters. The molecule has 0 saturated carbocycles. The van der Waals surface area contributed by atoms with Gasteiger partial charge in [-0.25, -0.2) is 0 Å². The molecule has 0 aliphatic carbocycles. The van der Waals surface area contributed by atoms with Crippen LogP contribution < -0.4 is 4.74 Å². The first-order valence-electron chi connectivity index (χ1n) is 3.72. The quantitative estimate of drug-likeness (QED) is 0.489. The smallest absolute Gasteiger partial charge is 0.310 e. The van der Waals surface area contributed by atoms with Gasteiger partial charge in [0, 0.05) is 15.7 Å². The van der Waals surface area contributed by atoms with E-state index in [-0.39, 0.29) is 5.69 Å². The number of hydrogen-bond donors (Lipinski definition) is 0. The number of nitro groups is 1. The summed E-state index contributed by atoms with van der Waals surface area (Å²) >= 11 is 2.08. The van der Waals surface area contributed by atoms with E-state index >= 15 is 0 Å². The first-order chi connectivity index (χ1) is 6.15. The summed E-state index contributed by atoms with van der Waals surface area (Å²) in [6.45, 7) is 2.23. The average Bonchev–Trinajstić information content (AvgIpc) is 2.04. The van der Waals surface area contributed by atoms with E-state index in [9.17, 15) is 10.1 Å². The minimum absolute atomic E-state index is 0.0160. The summed E-state index contributed by atoms with van der Waals surface area (Å²) in [6.07, 6.45) is 0. The van der Waals surface area contributed by atoms with Crippen LogP contribution in [0.15, 0.2) is 18.2 Å². The summed E-state index contributed by atoms with van der Waals surface area (Å²) in [5.41, 5.74) is 0.0160. The van der Waals surface area contributed by atoms with Crippen molar-refractivity contribution in [2.45, 2.75) is 6.92 Å². The molecule has 0 amide bonds. The van der Waals surface area contributed by atoms with Gasteiger partial charge in [0.05, 0.1) is 11.5 Å². The van der Waals surface area contributed by atoms with Crippen LogP contribution >= 0.6 is 22.6 Å². The number of rotatable bonds is 3. The van der Waals surface area contributed by atoms with Gasteiger partial charge in [-0.15, -0.1) is 0 Å². The summed E-state index contributed by atoms with van der Waals surface area (Å²) in [4.78, 5) is 10.1. The topological polar surface area (TPSA) is 52.4 Å². The monoisotopic (exact) mass is 293 g/mol. The SMILES string of the molecule is CCOc1cc(I)ccc1[N+](=O)[O-]. The fourth-order valence-corrected chi connectivity index (χ4v) is 1.37. The zero-order chi connectivity index (χ0) is 9.84. The van der Waals surface area contributed by atoms with Gasteiger partial charge >= 0.3 is 5.69 Å². The summed E-state index contributed by atoms with van der Waals surface area (Å²) in [5, 5.41) is 10.5. The van der Waals surface area contributed by atoms with Gasteiger partial charge in [-0.2, -0.15) is 0 Å². The zero-order valence-corrected chi connectivity index (χ0v) is 9.15. The van der Waals surface area contributed by atoms with E-state index in [0.29, 0.717) is 12.4 Å². The molecule has 0 aliphatic rings. The molecular weight excluding hydrogens is 285 g/mol. The molecule has 4 nitrogen and oxygen atoms in total. The van der Waals surface area contributed by atoms with Crippen molar-refractivity contribution in [2.75, 3.05) is 6.61 Å². The molecule has 0 bridgehead atoms. The summed E-state index contributed by atoms with van der Waals surface area (Å²) in [7, 11) is 0. The molecular formula is C8H8INO3. The van der Waals surface area contributed by atoms with E-state index < -0.39 is 4.92 Å². The molecule has 0 radical (unpaired) electrons. The second-order valence-corrected chi connectivity index (χ2v) is 3.55. The Bertz CT molecular complexity index is 327. The lowest BCUT2D eigenvalue weighted by molar-refractivity contribution is -0.385. The lowest BCUT2D eigenvalue weighted by atomic mass is 10.3. The van der Waals surface area contributed by atoms with Gasteiger partial charge in [-0.3, -0.25) is 10.1 Å². The minimum Gasteiger partial charge on any atom is -0.487 e. The lowest BCUT2D eigenvalue weighted by Gasteiger charge is -2.03. The Morgan fingerprint density at radius 1 is 1.62 bits per heavy atom. The second kappa shape index (κ2) is 4.40. The number of nitro benzene ring substituents is 1. The zero-order valence-electron chi connectivity index (χ0n) is 6.99. The van der Waals surface area contributed by atoms with Gasteiger partial charge < -0.3 is 4.74 Å². The van der Waals surface area contributed by atoms with Gasteiger partial charge in [-0.1, -0.05) is 0 Å². The summed E-state index contributed by atoms with van der Waals surface area (Å²) in [5.74, 6) is 0.333. The molecule has 0 fully saturated rings. The largest absolute Gasteiger partial charge is 0.487 e. The van der Waals surface area contributed by atoms with Crippen LogP contribution in [0.1, 0.15) is 6.92 Å². The molecule has 0 aliphatic heterocycles. The molecule has 0 saturated heterocycles. The van der Waals surface area contributed by atoms with E-state index in [0.717, 1.165) is 3.57 Å². The number of hydrogen-bond acceptors (Lipinski definition) is 3. The number of benzene rings is 1. The standard InChI is InChI=1S/C8H8INO3/c1-2-13-8-5-6(9)3-4-7(8)10(11)12/h3-5H,2H2,1H3. The normalized spacial score (nSPS) is 9.69. The third-order valence-corrected chi connectivity index (χ3v) is 2.09. The summed E-state index contributed by atoms with van der Waals surface area (Å²) in [6, 6.07) is 4.79. The van der Waals surface area contributed by atoms with Crippen molar-refractivity contribution in [3.8, 4) is 5.75 Å². The van der Waals surface area contributed by atoms with Crippen LogP contribution in [-0.2, 0) is 0 Å². The maximum atomic E-state index is 10.5. The van der Waals surface area contributed by atoms with E-state index in [1.54, 1.807) is 19.1 Å². The van der Waals surface area contributed by atoms with Gasteiger partial charge in [0.25, 0.3) is 0 Å². The van der Waals surface area contributed by atoms with Crippen molar-refractivity contribution >= 4 is 28.3 Å². The fourth-order valence-electron chi connectivity index (χ4n) is 0.910. The maximum absolute atomic E-state index is 10.5. The maximum Gasteiger partial charge on any atom is 0.310 e. The van der Waals surface area contributed by atoms with Crippen molar-refractivity contribution in [3.05, 3.63) is 31.9 Å². The molecule has 0 N–H and O–H groups in total. The van der Waals surface area contributed by atoms with Crippen LogP contribution in [0.3, 0.4) is 0 Å². The molecule has 1 rings (SSSR count). The minimum atomic E-state index is -0.443. The second-order valence-electron chi connectivity index (χ2n) is 2.30. The van der Waals surface area contributed by atoms with E-state index in [1.165, 1.54) is 6.07 Å². The third kappa shape index (κ3) is 2.55. The summed E-state index contributed by atoms with van der Waals surface area (Å²) < 4.78 is 6.06. The first kappa shape index (κ1) is 10.2. The van der Waals surface area contributed by atoms with Crippen LogP contribution in [0.25, 0.3) is 0 Å². The molecule has 13 heavy (non-hydrogen) atoms. The average molecular weight is 293 g/mol. The molecule has 0 spiro atoms. The Morgan fingerprint density at radius 2 is 2.31 bits per heavy atom. The number of ether oxygens (including phenoxy) is 1. The van der Waals surface area contributed by atoms with Crippen molar-refractivity contribution in [3.63, 3.8) is 0 Å². The van der Waals surface area contributed by atoms with Crippen molar-refractivity contribution in [1.82, 2.24) is 0 Å². The van der Waals surface area contributed by atoms with Gasteiger partial charge in [0.2, 0.25) is 0 Å². The van der Waals surface area contributed by atoms with Gasteiger partial charge in [0.1, 0.15) is 0 Å². The highest BCUT2D eigenvalue weighted by atomic mass is 127. The Balaban J connectivity index is 3.10. The van der Waals surface area contributed by atoms with Crippen LogP contribution in [0.2, 0.25) is 0 Å². The van der Waals surface area contributed by atoms with Crippen molar-refractivity contribution < 1.29 is 9.66 Å². The predicted molar refractivity (Wildman–Crippen MR) is 57.0 cm³/mol. The first-order valence-corrected chi connectivity index (χ1v) is 4.79. The molecule has 70 valence electrons. The number of halogens is 1. The van der Waals surface area contributed by atoms with E-state index in [4.69, 9.17) is 4.74 Å². The highest BCUT2D eigenvalue weighted by Gasteiger charge is 2.14. The van der Waals surface area contributed by atoms with E-state index in [2.05, 4.69) is 22.6 Å². The predicted octanol–water partition coefficient (Wildman–Crippen LogP) is 2.60. The van der Waals surface area contributed by atoms with E-state index in [1.807, 2.05) is 0 Å².